The lowest BCUT2D eigenvalue weighted by Gasteiger charge is -2.16. The van der Waals surface area contributed by atoms with Crippen LogP contribution in [0, 0.1) is 12.8 Å². The Balaban J connectivity index is 2.96. The molecule has 0 aliphatic rings. The van der Waals surface area contributed by atoms with E-state index in [4.69, 9.17) is 5.73 Å². The van der Waals surface area contributed by atoms with Gasteiger partial charge in [0.1, 0.15) is 0 Å². The molecule has 4 nitrogen and oxygen atoms in total. The molecule has 0 aliphatic carbocycles. The van der Waals surface area contributed by atoms with Crippen molar-refractivity contribution in [2.75, 3.05) is 5.32 Å². The first kappa shape index (κ1) is 14.7. The zero-order valence-corrected chi connectivity index (χ0v) is 12.2. The van der Waals surface area contributed by atoms with E-state index in [0.29, 0.717) is 16.8 Å². The van der Waals surface area contributed by atoms with Gasteiger partial charge < -0.3 is 11.1 Å². The van der Waals surface area contributed by atoms with Gasteiger partial charge in [0, 0.05) is 11.3 Å². The summed E-state index contributed by atoms with van der Waals surface area (Å²) in [5, 5.41) is 2.79. The molecule has 18 heavy (non-hydrogen) atoms. The number of nitrogens with one attached hydrogen (secondary N) is 1. The molecule has 0 saturated carbocycles. The molecule has 1 aromatic carbocycles. The maximum absolute atomic E-state index is 11.9. The molecule has 0 radical (unpaired) electrons. The number of anilines is 1. The summed E-state index contributed by atoms with van der Waals surface area (Å²) in [4.78, 5) is 22.8. The fourth-order valence-corrected chi connectivity index (χ4v) is 1.66. The molecule has 0 fully saturated rings. The van der Waals surface area contributed by atoms with Gasteiger partial charge in [-0.1, -0.05) is 35.8 Å². The van der Waals surface area contributed by atoms with Crippen molar-refractivity contribution in [2.45, 2.75) is 25.6 Å². The highest BCUT2D eigenvalue weighted by Crippen LogP contribution is 2.21. The summed E-state index contributed by atoms with van der Waals surface area (Å²) in [5.74, 6) is -0.442. The second kappa shape index (κ2) is 6.00. The van der Waals surface area contributed by atoms with Gasteiger partial charge in [0.15, 0.2) is 0 Å². The number of benzene rings is 1. The van der Waals surface area contributed by atoms with Gasteiger partial charge in [-0.3, -0.25) is 9.59 Å². The van der Waals surface area contributed by atoms with Crippen LogP contribution >= 0.6 is 15.9 Å². The molecule has 2 amide bonds. The fourth-order valence-electron chi connectivity index (χ4n) is 1.54. The Morgan fingerprint density at radius 1 is 1.33 bits per heavy atom. The van der Waals surface area contributed by atoms with E-state index < -0.39 is 5.91 Å². The number of primary amides is 1. The number of amides is 2. The van der Waals surface area contributed by atoms with E-state index in [-0.39, 0.29) is 16.7 Å². The minimum atomic E-state index is -0.497. The summed E-state index contributed by atoms with van der Waals surface area (Å²) in [6.07, 6.45) is 0. The SMILES string of the molecule is Cc1c(NC(=O)C(Br)C(C)C)cccc1C(N)=O. The average molecular weight is 313 g/mol. The van der Waals surface area contributed by atoms with Crippen molar-refractivity contribution in [3.63, 3.8) is 0 Å². The van der Waals surface area contributed by atoms with E-state index in [1.54, 1.807) is 25.1 Å². The van der Waals surface area contributed by atoms with Gasteiger partial charge in [0.05, 0.1) is 4.83 Å². The third-order valence-corrected chi connectivity index (χ3v) is 4.17. The summed E-state index contributed by atoms with van der Waals surface area (Å²) in [6, 6.07) is 5.09. The molecule has 5 heteroatoms. The summed E-state index contributed by atoms with van der Waals surface area (Å²) in [6.45, 7) is 5.66. The third kappa shape index (κ3) is 3.32. The summed E-state index contributed by atoms with van der Waals surface area (Å²) < 4.78 is 0. The van der Waals surface area contributed by atoms with E-state index in [1.807, 2.05) is 13.8 Å². The van der Waals surface area contributed by atoms with Gasteiger partial charge in [-0.15, -0.1) is 0 Å². The van der Waals surface area contributed by atoms with Gasteiger partial charge in [0.2, 0.25) is 11.8 Å². The molecule has 0 heterocycles. The molecule has 1 aromatic rings. The van der Waals surface area contributed by atoms with Crippen LogP contribution in [0.15, 0.2) is 18.2 Å². The van der Waals surface area contributed by atoms with Crippen LogP contribution in [0.2, 0.25) is 0 Å². The lowest BCUT2D eigenvalue weighted by molar-refractivity contribution is -0.116. The predicted molar refractivity (Wildman–Crippen MR) is 75.9 cm³/mol. The molecule has 1 unspecified atom stereocenters. The molecule has 0 saturated heterocycles. The van der Waals surface area contributed by atoms with Gasteiger partial charge >= 0.3 is 0 Å². The number of hydrogen-bond donors (Lipinski definition) is 2. The number of carbonyl (C=O) groups excluding carboxylic acids is 2. The van der Waals surface area contributed by atoms with E-state index in [2.05, 4.69) is 21.2 Å². The number of rotatable bonds is 4. The monoisotopic (exact) mass is 312 g/mol. The molecular weight excluding hydrogens is 296 g/mol. The van der Waals surface area contributed by atoms with Gasteiger partial charge in [-0.05, 0) is 30.5 Å². The number of alkyl halides is 1. The molecular formula is C13H17BrN2O2. The summed E-state index contributed by atoms with van der Waals surface area (Å²) in [5.41, 5.74) is 6.98. The molecule has 0 bridgehead atoms. The second-order valence-electron chi connectivity index (χ2n) is 4.48. The fraction of sp³-hybridized carbons (Fsp3) is 0.385. The van der Waals surface area contributed by atoms with Crippen molar-refractivity contribution in [2.24, 2.45) is 11.7 Å². The van der Waals surface area contributed by atoms with Crippen molar-refractivity contribution in [1.29, 1.82) is 0 Å². The highest BCUT2D eigenvalue weighted by atomic mass is 79.9. The van der Waals surface area contributed by atoms with Crippen LogP contribution < -0.4 is 11.1 Å². The minimum absolute atomic E-state index is 0.130. The topological polar surface area (TPSA) is 72.2 Å². The van der Waals surface area contributed by atoms with Crippen LogP contribution in [-0.4, -0.2) is 16.6 Å². The molecule has 1 atom stereocenters. The smallest absolute Gasteiger partial charge is 0.249 e. The molecule has 1 rings (SSSR count). The normalized spacial score (nSPS) is 12.3. The number of carbonyl (C=O) groups is 2. The van der Waals surface area contributed by atoms with Crippen LogP contribution in [0.4, 0.5) is 5.69 Å². The zero-order chi connectivity index (χ0) is 13.9. The van der Waals surface area contributed by atoms with Crippen LogP contribution in [0.5, 0.6) is 0 Å². The third-order valence-electron chi connectivity index (χ3n) is 2.69. The average Bonchev–Trinajstić information content (AvgIpc) is 2.30. The Morgan fingerprint density at radius 2 is 1.94 bits per heavy atom. The number of nitrogens with two attached hydrogens (primary N) is 1. The van der Waals surface area contributed by atoms with E-state index in [1.165, 1.54) is 0 Å². The van der Waals surface area contributed by atoms with Crippen molar-refractivity contribution in [3.8, 4) is 0 Å². The first-order valence-electron chi connectivity index (χ1n) is 5.69. The van der Waals surface area contributed by atoms with Crippen LogP contribution in [0.3, 0.4) is 0 Å². The Bertz CT molecular complexity index is 472. The molecule has 0 aliphatic heterocycles. The Morgan fingerprint density at radius 3 is 2.44 bits per heavy atom. The van der Waals surface area contributed by atoms with Crippen LogP contribution in [0.25, 0.3) is 0 Å². The molecule has 0 spiro atoms. The lowest BCUT2D eigenvalue weighted by atomic mass is 10.1. The van der Waals surface area contributed by atoms with Crippen LogP contribution in [0.1, 0.15) is 29.8 Å². The van der Waals surface area contributed by atoms with Crippen molar-refractivity contribution in [3.05, 3.63) is 29.3 Å². The molecule has 3 N–H and O–H groups in total. The predicted octanol–water partition coefficient (Wildman–Crippen LogP) is 2.45. The number of halogens is 1. The summed E-state index contributed by atoms with van der Waals surface area (Å²) >= 11 is 3.33. The largest absolute Gasteiger partial charge is 0.366 e. The minimum Gasteiger partial charge on any atom is -0.366 e. The van der Waals surface area contributed by atoms with Gasteiger partial charge in [-0.2, -0.15) is 0 Å². The van der Waals surface area contributed by atoms with Gasteiger partial charge in [0.25, 0.3) is 0 Å². The highest BCUT2D eigenvalue weighted by molar-refractivity contribution is 9.10. The maximum atomic E-state index is 11.9. The van der Waals surface area contributed by atoms with Crippen molar-refractivity contribution in [1.82, 2.24) is 0 Å². The Kier molecular flexibility index (Phi) is 4.90. The standard InChI is InChI=1S/C13H17BrN2O2/c1-7(2)11(14)13(18)16-10-6-4-5-9(8(10)3)12(15)17/h4-7,11H,1-3H3,(H2,15,17)(H,16,18). The lowest BCUT2D eigenvalue weighted by Crippen LogP contribution is -2.27. The first-order chi connectivity index (χ1) is 8.34. The summed E-state index contributed by atoms with van der Waals surface area (Å²) in [7, 11) is 0. The zero-order valence-electron chi connectivity index (χ0n) is 10.7. The molecule has 98 valence electrons. The maximum Gasteiger partial charge on any atom is 0.249 e. The van der Waals surface area contributed by atoms with E-state index in [9.17, 15) is 9.59 Å². The number of hydrogen-bond acceptors (Lipinski definition) is 2. The van der Waals surface area contributed by atoms with Crippen molar-refractivity contribution >= 4 is 33.4 Å². The first-order valence-corrected chi connectivity index (χ1v) is 6.60. The van der Waals surface area contributed by atoms with Gasteiger partial charge in [-0.25, -0.2) is 0 Å². The van der Waals surface area contributed by atoms with Crippen molar-refractivity contribution < 1.29 is 9.59 Å². The highest BCUT2D eigenvalue weighted by Gasteiger charge is 2.19. The Labute approximate surface area is 115 Å². The molecule has 0 aromatic heterocycles. The van der Waals surface area contributed by atoms with Crippen LogP contribution in [-0.2, 0) is 4.79 Å². The van der Waals surface area contributed by atoms with E-state index >= 15 is 0 Å². The second-order valence-corrected chi connectivity index (χ2v) is 5.46. The Hall–Kier alpha value is -1.36. The quantitative estimate of drug-likeness (QED) is 0.838. The van der Waals surface area contributed by atoms with E-state index in [0.717, 1.165) is 0 Å².